The summed E-state index contributed by atoms with van der Waals surface area (Å²) in [5, 5.41) is 4.11. The molecule has 5 heteroatoms. The van der Waals surface area contributed by atoms with Crippen LogP contribution < -0.4 is 5.43 Å². The second kappa shape index (κ2) is 5.69. The van der Waals surface area contributed by atoms with Crippen LogP contribution >= 0.6 is 0 Å². The zero-order chi connectivity index (χ0) is 14.7. The molecule has 5 nitrogen and oxygen atoms in total. The SMILES string of the molecule is CCc1cn(-c2ccccc2C)nc(C(=O)OC)c1=O. The maximum atomic E-state index is 12.1. The number of hydrogen-bond acceptors (Lipinski definition) is 4. The van der Waals surface area contributed by atoms with E-state index >= 15 is 0 Å². The molecule has 0 aliphatic carbocycles. The fourth-order valence-corrected chi connectivity index (χ4v) is 1.97. The van der Waals surface area contributed by atoms with Crippen LogP contribution in [0.3, 0.4) is 0 Å². The number of hydrogen-bond donors (Lipinski definition) is 0. The summed E-state index contributed by atoms with van der Waals surface area (Å²) in [5.41, 5.74) is 1.80. The second-order valence-electron chi connectivity index (χ2n) is 4.41. The standard InChI is InChI=1S/C15H16N2O3/c1-4-11-9-17(12-8-6-5-7-10(12)2)16-13(14(11)18)15(19)20-3/h5-9H,4H2,1-3H3. The summed E-state index contributed by atoms with van der Waals surface area (Å²) in [6.07, 6.45) is 2.19. The predicted molar refractivity (Wildman–Crippen MR) is 75.3 cm³/mol. The summed E-state index contributed by atoms with van der Waals surface area (Å²) in [5.74, 6) is -0.715. The summed E-state index contributed by atoms with van der Waals surface area (Å²) in [6.45, 7) is 3.80. The van der Waals surface area contributed by atoms with Gasteiger partial charge >= 0.3 is 5.97 Å². The molecule has 2 aromatic rings. The molecule has 0 unspecified atom stereocenters. The van der Waals surface area contributed by atoms with E-state index in [4.69, 9.17) is 0 Å². The van der Waals surface area contributed by atoms with E-state index in [9.17, 15) is 9.59 Å². The van der Waals surface area contributed by atoms with Gasteiger partial charge in [0.1, 0.15) is 0 Å². The highest BCUT2D eigenvalue weighted by molar-refractivity contribution is 5.87. The predicted octanol–water partition coefficient (Wildman–Crippen LogP) is 1.89. The summed E-state index contributed by atoms with van der Waals surface area (Å²) >= 11 is 0. The fraction of sp³-hybridized carbons (Fsp3) is 0.267. The molecule has 20 heavy (non-hydrogen) atoms. The first-order chi connectivity index (χ1) is 9.58. The van der Waals surface area contributed by atoms with E-state index in [1.54, 1.807) is 10.9 Å². The molecule has 0 bridgehead atoms. The second-order valence-corrected chi connectivity index (χ2v) is 4.41. The van der Waals surface area contributed by atoms with Crippen molar-refractivity contribution in [1.82, 2.24) is 9.78 Å². The van der Waals surface area contributed by atoms with Crippen LogP contribution in [0.1, 0.15) is 28.5 Å². The average Bonchev–Trinajstić information content (AvgIpc) is 2.47. The minimum absolute atomic E-state index is 0.185. The first-order valence-corrected chi connectivity index (χ1v) is 6.35. The van der Waals surface area contributed by atoms with Crippen molar-refractivity contribution in [3.63, 3.8) is 0 Å². The van der Waals surface area contributed by atoms with Crippen molar-refractivity contribution in [3.8, 4) is 5.69 Å². The van der Waals surface area contributed by atoms with Crippen LogP contribution in [-0.2, 0) is 11.2 Å². The van der Waals surface area contributed by atoms with Crippen LogP contribution in [0.5, 0.6) is 0 Å². The number of methoxy groups -OCH3 is 1. The Bertz CT molecular complexity index is 705. The average molecular weight is 272 g/mol. The molecule has 2 rings (SSSR count). The van der Waals surface area contributed by atoms with Gasteiger partial charge in [0.2, 0.25) is 11.1 Å². The van der Waals surface area contributed by atoms with Crippen molar-refractivity contribution in [3.05, 3.63) is 57.5 Å². The van der Waals surface area contributed by atoms with Gasteiger partial charge in [-0.1, -0.05) is 25.1 Å². The molecule has 0 atom stereocenters. The van der Waals surface area contributed by atoms with Crippen molar-refractivity contribution >= 4 is 5.97 Å². The molecule has 0 saturated carbocycles. The smallest absolute Gasteiger partial charge is 0.362 e. The zero-order valence-corrected chi connectivity index (χ0v) is 11.7. The first kappa shape index (κ1) is 14.0. The van der Waals surface area contributed by atoms with Gasteiger partial charge in [-0.15, -0.1) is 0 Å². The number of rotatable bonds is 3. The molecular formula is C15H16N2O3. The van der Waals surface area contributed by atoms with Crippen LogP contribution in [-0.4, -0.2) is 22.9 Å². The summed E-state index contributed by atoms with van der Waals surface area (Å²) < 4.78 is 6.18. The highest BCUT2D eigenvalue weighted by atomic mass is 16.5. The van der Waals surface area contributed by atoms with Gasteiger partial charge in [0.05, 0.1) is 12.8 Å². The van der Waals surface area contributed by atoms with Crippen LogP contribution in [0.2, 0.25) is 0 Å². The van der Waals surface area contributed by atoms with E-state index in [-0.39, 0.29) is 11.1 Å². The molecule has 1 aromatic heterocycles. The molecule has 0 aliphatic rings. The normalized spacial score (nSPS) is 10.3. The molecule has 0 amide bonds. The maximum absolute atomic E-state index is 12.1. The Morgan fingerprint density at radius 3 is 2.65 bits per heavy atom. The van der Waals surface area contributed by atoms with E-state index in [0.717, 1.165) is 11.3 Å². The number of nitrogens with zero attached hydrogens (tertiary/aromatic N) is 2. The Hall–Kier alpha value is -2.43. The Morgan fingerprint density at radius 2 is 2.05 bits per heavy atom. The van der Waals surface area contributed by atoms with Crippen molar-refractivity contribution in [2.45, 2.75) is 20.3 Å². The third-order valence-corrected chi connectivity index (χ3v) is 3.11. The molecule has 0 fully saturated rings. The van der Waals surface area contributed by atoms with E-state index in [1.165, 1.54) is 7.11 Å². The lowest BCUT2D eigenvalue weighted by Crippen LogP contribution is -2.25. The molecule has 1 heterocycles. The van der Waals surface area contributed by atoms with Gasteiger partial charge < -0.3 is 4.74 Å². The third kappa shape index (κ3) is 2.47. The van der Waals surface area contributed by atoms with E-state index in [0.29, 0.717) is 12.0 Å². The highest BCUT2D eigenvalue weighted by Crippen LogP contribution is 2.12. The zero-order valence-electron chi connectivity index (χ0n) is 11.7. The van der Waals surface area contributed by atoms with Gasteiger partial charge in [0.15, 0.2) is 0 Å². The van der Waals surface area contributed by atoms with Gasteiger partial charge in [-0.2, -0.15) is 5.10 Å². The highest BCUT2D eigenvalue weighted by Gasteiger charge is 2.17. The summed E-state index contributed by atoms with van der Waals surface area (Å²) in [6, 6.07) is 7.63. The van der Waals surface area contributed by atoms with Crippen molar-refractivity contribution < 1.29 is 9.53 Å². The number of esters is 1. The lowest BCUT2D eigenvalue weighted by Gasteiger charge is -2.11. The molecule has 0 radical (unpaired) electrons. The van der Waals surface area contributed by atoms with Gasteiger partial charge in [0, 0.05) is 11.8 Å². The number of benzene rings is 1. The summed E-state index contributed by atoms with van der Waals surface area (Å²) in [4.78, 5) is 23.8. The third-order valence-electron chi connectivity index (χ3n) is 3.11. The first-order valence-electron chi connectivity index (χ1n) is 6.35. The Kier molecular flexibility index (Phi) is 3.98. The molecule has 0 spiro atoms. The number of ether oxygens (including phenoxy) is 1. The molecular weight excluding hydrogens is 256 g/mol. The van der Waals surface area contributed by atoms with E-state index in [2.05, 4.69) is 9.84 Å². The van der Waals surface area contributed by atoms with Gasteiger partial charge in [-0.05, 0) is 25.0 Å². The largest absolute Gasteiger partial charge is 0.464 e. The van der Waals surface area contributed by atoms with Gasteiger partial charge in [0.25, 0.3) is 0 Å². The minimum atomic E-state index is -0.715. The van der Waals surface area contributed by atoms with Gasteiger partial charge in [-0.25, -0.2) is 9.48 Å². The molecule has 0 N–H and O–H groups in total. The van der Waals surface area contributed by atoms with Crippen molar-refractivity contribution in [1.29, 1.82) is 0 Å². The lowest BCUT2D eigenvalue weighted by molar-refractivity contribution is 0.0590. The minimum Gasteiger partial charge on any atom is -0.464 e. The lowest BCUT2D eigenvalue weighted by atomic mass is 10.1. The van der Waals surface area contributed by atoms with Crippen molar-refractivity contribution in [2.24, 2.45) is 0 Å². The molecule has 104 valence electrons. The number of aryl methyl sites for hydroxylation is 2. The van der Waals surface area contributed by atoms with E-state index in [1.807, 2.05) is 38.1 Å². The fourth-order valence-electron chi connectivity index (χ4n) is 1.97. The van der Waals surface area contributed by atoms with E-state index < -0.39 is 5.97 Å². The number of carbonyl (C=O) groups excluding carboxylic acids is 1. The molecule has 0 saturated heterocycles. The van der Waals surface area contributed by atoms with Crippen molar-refractivity contribution in [2.75, 3.05) is 7.11 Å². The number of aromatic nitrogens is 2. The van der Waals surface area contributed by atoms with Crippen LogP contribution in [0, 0.1) is 6.92 Å². The molecule has 1 aromatic carbocycles. The van der Waals surface area contributed by atoms with Crippen LogP contribution in [0.4, 0.5) is 0 Å². The number of para-hydroxylation sites is 1. The Balaban J connectivity index is 2.70. The molecule has 0 aliphatic heterocycles. The van der Waals surface area contributed by atoms with Gasteiger partial charge in [-0.3, -0.25) is 4.79 Å². The maximum Gasteiger partial charge on any atom is 0.362 e. The Labute approximate surface area is 116 Å². The monoisotopic (exact) mass is 272 g/mol. The van der Waals surface area contributed by atoms with Crippen LogP contribution in [0.15, 0.2) is 35.3 Å². The topological polar surface area (TPSA) is 61.2 Å². The quantitative estimate of drug-likeness (QED) is 0.800. The number of carbonyl (C=O) groups is 1. The Morgan fingerprint density at radius 1 is 1.35 bits per heavy atom. The van der Waals surface area contributed by atoms with Crippen LogP contribution in [0.25, 0.3) is 5.69 Å². The summed E-state index contributed by atoms with van der Waals surface area (Å²) in [7, 11) is 1.24.